The smallest absolute Gasteiger partial charge is 0.214 e. The van der Waals surface area contributed by atoms with Gasteiger partial charge in [-0.3, -0.25) is 0 Å². The molecule has 0 N–H and O–H groups in total. The second-order valence-electron chi connectivity index (χ2n) is 2.94. The van der Waals surface area contributed by atoms with Crippen LogP contribution in [0.5, 0.6) is 0 Å². The van der Waals surface area contributed by atoms with Crippen molar-refractivity contribution in [2.24, 2.45) is 0 Å². The summed E-state index contributed by atoms with van der Waals surface area (Å²) in [4.78, 5) is 0. The van der Waals surface area contributed by atoms with E-state index < -0.39 is 44.5 Å². The number of sulfone groups is 1. The molecule has 0 aliphatic rings. The van der Waals surface area contributed by atoms with E-state index in [1.54, 1.807) is 0 Å². The van der Waals surface area contributed by atoms with Gasteiger partial charge >= 0.3 is 0 Å². The second kappa shape index (κ2) is 4.33. The fourth-order valence-electron chi connectivity index (χ4n) is 0.858. The van der Waals surface area contributed by atoms with Crippen molar-refractivity contribution in [3.8, 4) is 11.2 Å². The van der Waals surface area contributed by atoms with Crippen LogP contribution in [0.4, 0.5) is 22.0 Å². The first-order valence-electron chi connectivity index (χ1n) is 3.89. The summed E-state index contributed by atoms with van der Waals surface area (Å²) < 4.78 is 85.0. The first-order chi connectivity index (χ1) is 7.65. The van der Waals surface area contributed by atoms with Gasteiger partial charge in [0.25, 0.3) is 0 Å². The van der Waals surface area contributed by atoms with Gasteiger partial charge in [-0.05, 0) is 5.92 Å². The Kier molecular flexibility index (Phi) is 3.43. The molecular formula is C9H3F5O2S. The van der Waals surface area contributed by atoms with Crippen LogP contribution < -0.4 is 0 Å². The van der Waals surface area contributed by atoms with E-state index in [4.69, 9.17) is 0 Å². The van der Waals surface area contributed by atoms with Crippen LogP contribution >= 0.6 is 0 Å². The third-order valence-corrected chi connectivity index (χ3v) is 2.04. The molecule has 0 aliphatic carbocycles. The molecule has 1 rings (SSSR count). The number of benzene rings is 1. The zero-order chi connectivity index (χ0) is 13.4. The minimum Gasteiger partial charge on any atom is -0.216 e. The summed E-state index contributed by atoms with van der Waals surface area (Å²) in [7, 11) is -3.92. The summed E-state index contributed by atoms with van der Waals surface area (Å²) in [6.45, 7) is 0. The van der Waals surface area contributed by atoms with Crippen LogP contribution in [0, 0.1) is 40.3 Å². The normalized spacial score (nSPS) is 10.9. The van der Waals surface area contributed by atoms with Crippen molar-refractivity contribution >= 4 is 9.84 Å². The van der Waals surface area contributed by atoms with Gasteiger partial charge in [-0.2, -0.15) is 0 Å². The summed E-state index contributed by atoms with van der Waals surface area (Å²) in [5.41, 5.74) is -1.48. The van der Waals surface area contributed by atoms with Gasteiger partial charge in [-0.15, -0.1) is 0 Å². The third-order valence-electron chi connectivity index (χ3n) is 1.57. The molecule has 92 valence electrons. The zero-order valence-electron chi connectivity index (χ0n) is 8.11. The Balaban J connectivity index is 3.60. The fraction of sp³-hybridized carbons (Fsp3) is 0.111. The lowest BCUT2D eigenvalue weighted by Gasteiger charge is -2.01. The molecule has 1 aromatic rings. The first kappa shape index (κ1) is 13.4. The van der Waals surface area contributed by atoms with Gasteiger partial charge in [0.05, 0.1) is 6.26 Å². The number of halogens is 5. The number of hydrogen-bond donors (Lipinski definition) is 0. The predicted octanol–water partition coefficient (Wildman–Crippen LogP) is 1.74. The van der Waals surface area contributed by atoms with Crippen molar-refractivity contribution in [2.75, 3.05) is 6.26 Å². The molecule has 8 heteroatoms. The Hall–Kier alpha value is -1.62. The Labute approximate surface area is 93.0 Å². The van der Waals surface area contributed by atoms with Gasteiger partial charge in [0.15, 0.2) is 23.3 Å². The van der Waals surface area contributed by atoms with Crippen molar-refractivity contribution in [1.29, 1.82) is 0 Å². The van der Waals surface area contributed by atoms with Crippen LogP contribution in [-0.4, -0.2) is 14.7 Å². The lowest BCUT2D eigenvalue weighted by atomic mass is 10.2. The molecule has 0 unspecified atom stereocenters. The van der Waals surface area contributed by atoms with E-state index in [1.165, 1.54) is 11.2 Å². The fourth-order valence-corrected chi connectivity index (χ4v) is 1.15. The molecule has 0 saturated carbocycles. The summed E-state index contributed by atoms with van der Waals surface area (Å²) in [6, 6.07) is 0. The van der Waals surface area contributed by atoms with Gasteiger partial charge in [-0.1, -0.05) is 0 Å². The molecule has 0 aromatic heterocycles. The zero-order valence-corrected chi connectivity index (χ0v) is 8.93. The van der Waals surface area contributed by atoms with Crippen molar-refractivity contribution in [3.63, 3.8) is 0 Å². The van der Waals surface area contributed by atoms with Crippen LogP contribution in [-0.2, 0) is 9.84 Å². The Morgan fingerprint density at radius 1 is 0.824 bits per heavy atom. The Morgan fingerprint density at radius 3 is 1.53 bits per heavy atom. The molecule has 0 heterocycles. The highest BCUT2D eigenvalue weighted by atomic mass is 32.2. The maximum absolute atomic E-state index is 13.0. The molecule has 0 radical (unpaired) electrons. The largest absolute Gasteiger partial charge is 0.216 e. The average molecular weight is 270 g/mol. The molecule has 0 bridgehead atoms. The van der Waals surface area contributed by atoms with Crippen molar-refractivity contribution < 1.29 is 30.4 Å². The molecule has 2 nitrogen and oxygen atoms in total. The highest BCUT2D eigenvalue weighted by Crippen LogP contribution is 2.22. The van der Waals surface area contributed by atoms with Gasteiger partial charge in [-0.25, -0.2) is 30.4 Å². The SMILES string of the molecule is CS(=O)(=O)C#Cc1c(F)c(F)c(F)c(F)c1F. The van der Waals surface area contributed by atoms with Crippen LogP contribution in [0.25, 0.3) is 0 Å². The topological polar surface area (TPSA) is 34.1 Å². The van der Waals surface area contributed by atoms with E-state index in [9.17, 15) is 30.4 Å². The van der Waals surface area contributed by atoms with Gasteiger partial charge in [0.1, 0.15) is 5.56 Å². The number of rotatable bonds is 0. The van der Waals surface area contributed by atoms with Gasteiger partial charge in [0, 0.05) is 5.25 Å². The Bertz CT molecular complexity index is 611. The molecule has 0 aliphatic heterocycles. The quantitative estimate of drug-likeness (QED) is 0.311. The first-order valence-corrected chi connectivity index (χ1v) is 5.78. The summed E-state index contributed by atoms with van der Waals surface area (Å²) in [5.74, 6) is -9.63. The van der Waals surface area contributed by atoms with E-state index in [-0.39, 0.29) is 0 Å². The van der Waals surface area contributed by atoms with Crippen LogP contribution in [0.3, 0.4) is 0 Å². The van der Waals surface area contributed by atoms with Crippen LogP contribution in [0.1, 0.15) is 5.56 Å². The lowest BCUT2D eigenvalue weighted by molar-refractivity contribution is 0.376. The van der Waals surface area contributed by atoms with Crippen molar-refractivity contribution in [2.45, 2.75) is 0 Å². The van der Waals surface area contributed by atoms with Crippen molar-refractivity contribution in [3.05, 3.63) is 34.6 Å². The van der Waals surface area contributed by atoms with Gasteiger partial charge in [0.2, 0.25) is 15.7 Å². The average Bonchev–Trinajstić information content (AvgIpc) is 2.22. The lowest BCUT2D eigenvalue weighted by Crippen LogP contribution is -2.04. The summed E-state index contributed by atoms with van der Waals surface area (Å²) in [6.07, 6.45) is 0.617. The molecule has 17 heavy (non-hydrogen) atoms. The van der Waals surface area contributed by atoms with E-state index in [2.05, 4.69) is 0 Å². The van der Waals surface area contributed by atoms with E-state index in [0.717, 1.165) is 0 Å². The molecule has 0 atom stereocenters. The molecule has 0 amide bonds. The van der Waals surface area contributed by atoms with Crippen molar-refractivity contribution in [1.82, 2.24) is 0 Å². The van der Waals surface area contributed by atoms with E-state index in [0.29, 0.717) is 6.26 Å². The molecule has 0 fully saturated rings. The maximum Gasteiger partial charge on any atom is 0.214 e. The van der Waals surface area contributed by atoms with Gasteiger partial charge < -0.3 is 0 Å². The molecular weight excluding hydrogens is 267 g/mol. The second-order valence-corrected chi connectivity index (χ2v) is 4.69. The monoisotopic (exact) mass is 270 g/mol. The third kappa shape index (κ3) is 2.74. The summed E-state index contributed by atoms with van der Waals surface area (Å²) >= 11 is 0. The standard InChI is InChI=1S/C9H3F5O2S/c1-17(15,16)3-2-4-5(10)7(12)9(14)8(13)6(4)11/h1H3. The minimum atomic E-state index is -3.92. The van der Waals surface area contributed by atoms with Crippen LogP contribution in [0.2, 0.25) is 0 Å². The molecule has 0 spiro atoms. The Morgan fingerprint density at radius 2 is 1.18 bits per heavy atom. The highest BCUT2D eigenvalue weighted by Gasteiger charge is 2.24. The predicted molar refractivity (Wildman–Crippen MR) is 48.0 cm³/mol. The number of hydrogen-bond acceptors (Lipinski definition) is 2. The van der Waals surface area contributed by atoms with E-state index >= 15 is 0 Å². The minimum absolute atomic E-state index is 0.617. The molecule has 0 saturated heterocycles. The molecule has 1 aromatic carbocycles. The highest BCUT2D eigenvalue weighted by molar-refractivity contribution is 7.95. The maximum atomic E-state index is 13.0. The summed E-state index contributed by atoms with van der Waals surface area (Å²) in [5, 5.41) is 1.38. The van der Waals surface area contributed by atoms with Crippen LogP contribution in [0.15, 0.2) is 0 Å². The van der Waals surface area contributed by atoms with E-state index in [1.807, 2.05) is 0 Å².